The molecule has 0 aliphatic heterocycles. The Bertz CT molecular complexity index is 325. The second-order valence-corrected chi connectivity index (χ2v) is 4.78. The number of carboxylic acid groups (broad SMARTS) is 1. The first kappa shape index (κ1) is 11.2. The third-order valence-electron chi connectivity index (χ3n) is 1.93. The van der Waals surface area contributed by atoms with Gasteiger partial charge in [-0.2, -0.15) is 0 Å². The fourth-order valence-corrected chi connectivity index (χ4v) is 2.56. The molecule has 1 aromatic rings. The molecule has 0 saturated heterocycles. The summed E-state index contributed by atoms with van der Waals surface area (Å²) in [6.45, 7) is 1.92. The molecule has 0 amide bonds. The first-order valence-corrected chi connectivity index (χ1v) is 5.83. The van der Waals surface area contributed by atoms with Crippen LogP contribution in [-0.2, 0) is 4.79 Å². The zero-order valence-electron chi connectivity index (χ0n) is 7.97. The lowest BCUT2D eigenvalue weighted by molar-refractivity contribution is -0.136. The van der Waals surface area contributed by atoms with E-state index >= 15 is 0 Å². The predicted octanol–water partition coefficient (Wildman–Crippen LogP) is 1.48. The maximum Gasteiger partial charge on any atom is 0.303 e. The lowest BCUT2D eigenvalue weighted by atomic mass is 10.2. The standard InChI is InChI=1S/C10H13O3P/c1-8-4-2-3-5-9(8)14(13)7-6-10(11)12/h2-5,13H,6-7H2,1H3,(H,11,12). The van der Waals surface area contributed by atoms with Crippen molar-refractivity contribution in [1.82, 2.24) is 0 Å². The van der Waals surface area contributed by atoms with Crippen LogP contribution in [0.2, 0.25) is 0 Å². The van der Waals surface area contributed by atoms with E-state index in [1.165, 1.54) is 0 Å². The van der Waals surface area contributed by atoms with Crippen LogP contribution in [0.1, 0.15) is 12.0 Å². The van der Waals surface area contributed by atoms with Gasteiger partial charge in [-0.1, -0.05) is 24.3 Å². The number of aryl methyl sites for hydroxylation is 1. The van der Waals surface area contributed by atoms with E-state index < -0.39 is 14.1 Å². The van der Waals surface area contributed by atoms with Gasteiger partial charge >= 0.3 is 5.97 Å². The molecular formula is C10H13O3P. The average Bonchev–Trinajstić information content (AvgIpc) is 2.15. The molecule has 14 heavy (non-hydrogen) atoms. The van der Waals surface area contributed by atoms with Crippen molar-refractivity contribution in [2.24, 2.45) is 0 Å². The molecule has 0 spiro atoms. The third-order valence-corrected chi connectivity index (χ3v) is 3.64. The zero-order chi connectivity index (χ0) is 10.6. The maximum atomic E-state index is 10.3. The van der Waals surface area contributed by atoms with Crippen LogP contribution in [0, 0.1) is 6.92 Å². The van der Waals surface area contributed by atoms with Crippen LogP contribution in [0.5, 0.6) is 0 Å². The summed E-state index contributed by atoms with van der Waals surface area (Å²) in [4.78, 5) is 20.1. The molecule has 0 aliphatic rings. The Kier molecular flexibility index (Phi) is 4.05. The molecule has 1 aromatic carbocycles. The first-order chi connectivity index (χ1) is 6.61. The Morgan fingerprint density at radius 3 is 2.64 bits per heavy atom. The average molecular weight is 212 g/mol. The number of hydrogen-bond acceptors (Lipinski definition) is 2. The van der Waals surface area contributed by atoms with E-state index in [4.69, 9.17) is 5.11 Å². The second kappa shape index (κ2) is 5.08. The lowest BCUT2D eigenvalue weighted by Gasteiger charge is -2.11. The van der Waals surface area contributed by atoms with Crippen LogP contribution in [-0.4, -0.2) is 22.1 Å². The fourth-order valence-electron chi connectivity index (χ4n) is 1.18. The SMILES string of the molecule is Cc1ccccc1P(O)CCC(=O)O. The number of aliphatic carboxylic acids is 1. The summed E-state index contributed by atoms with van der Waals surface area (Å²) >= 11 is 0. The van der Waals surface area contributed by atoms with Gasteiger partial charge in [-0.3, -0.25) is 4.79 Å². The minimum absolute atomic E-state index is 0.0243. The molecule has 76 valence electrons. The number of hydrogen-bond donors (Lipinski definition) is 2. The van der Waals surface area contributed by atoms with Crippen LogP contribution in [0.4, 0.5) is 0 Å². The minimum Gasteiger partial charge on any atom is -0.481 e. The number of carboxylic acids is 1. The summed E-state index contributed by atoms with van der Waals surface area (Å²) in [5.74, 6) is -0.861. The number of benzene rings is 1. The van der Waals surface area contributed by atoms with Gasteiger partial charge in [-0.05, 0) is 12.5 Å². The van der Waals surface area contributed by atoms with Crippen LogP contribution in [0.25, 0.3) is 0 Å². The van der Waals surface area contributed by atoms with Gasteiger partial charge in [0.2, 0.25) is 0 Å². The Labute approximate surface area is 84.2 Å². The number of rotatable bonds is 4. The van der Waals surface area contributed by atoms with E-state index in [2.05, 4.69) is 0 Å². The highest BCUT2D eigenvalue weighted by Gasteiger charge is 2.11. The molecule has 1 unspecified atom stereocenters. The monoisotopic (exact) mass is 212 g/mol. The fraction of sp³-hybridized carbons (Fsp3) is 0.300. The van der Waals surface area contributed by atoms with E-state index in [0.717, 1.165) is 10.9 Å². The molecule has 0 heterocycles. The summed E-state index contributed by atoms with van der Waals surface area (Å²) in [5.41, 5.74) is 1.02. The molecule has 4 heteroatoms. The summed E-state index contributed by atoms with van der Waals surface area (Å²) < 4.78 is 0. The third kappa shape index (κ3) is 3.09. The Morgan fingerprint density at radius 1 is 1.43 bits per heavy atom. The van der Waals surface area contributed by atoms with Gasteiger partial charge < -0.3 is 10.00 Å². The van der Waals surface area contributed by atoms with E-state index in [1.54, 1.807) is 0 Å². The van der Waals surface area contributed by atoms with Crippen molar-refractivity contribution in [3.05, 3.63) is 29.8 Å². The molecule has 1 atom stereocenters. The molecule has 0 saturated carbocycles. The first-order valence-electron chi connectivity index (χ1n) is 4.35. The van der Waals surface area contributed by atoms with Crippen molar-refractivity contribution < 1.29 is 14.8 Å². The van der Waals surface area contributed by atoms with E-state index in [1.807, 2.05) is 31.2 Å². The Balaban J connectivity index is 2.65. The highest BCUT2D eigenvalue weighted by Crippen LogP contribution is 2.30. The smallest absolute Gasteiger partial charge is 0.303 e. The van der Waals surface area contributed by atoms with Crippen molar-refractivity contribution in [3.63, 3.8) is 0 Å². The van der Waals surface area contributed by atoms with Gasteiger partial charge in [0.1, 0.15) is 0 Å². The molecule has 0 aromatic heterocycles. The second-order valence-electron chi connectivity index (χ2n) is 3.05. The van der Waals surface area contributed by atoms with Crippen LogP contribution in [0.15, 0.2) is 24.3 Å². The van der Waals surface area contributed by atoms with Crippen LogP contribution < -0.4 is 5.30 Å². The quantitative estimate of drug-likeness (QED) is 0.743. The van der Waals surface area contributed by atoms with Gasteiger partial charge in [-0.15, -0.1) is 0 Å². The predicted molar refractivity (Wildman–Crippen MR) is 57.1 cm³/mol. The molecule has 0 radical (unpaired) electrons. The van der Waals surface area contributed by atoms with Crippen molar-refractivity contribution in [1.29, 1.82) is 0 Å². The van der Waals surface area contributed by atoms with Gasteiger partial charge in [0.15, 0.2) is 0 Å². The van der Waals surface area contributed by atoms with Crippen LogP contribution in [0.3, 0.4) is 0 Å². The van der Waals surface area contributed by atoms with E-state index in [9.17, 15) is 9.69 Å². The highest BCUT2D eigenvalue weighted by atomic mass is 31.1. The molecule has 2 N–H and O–H groups in total. The molecule has 3 nitrogen and oxygen atoms in total. The molecule has 0 fully saturated rings. The van der Waals surface area contributed by atoms with Gasteiger partial charge in [0.05, 0.1) is 14.6 Å². The molecule has 1 rings (SSSR count). The Hall–Kier alpha value is -0.920. The van der Waals surface area contributed by atoms with Crippen molar-refractivity contribution in [2.45, 2.75) is 13.3 Å². The van der Waals surface area contributed by atoms with Gasteiger partial charge in [0.25, 0.3) is 0 Å². The van der Waals surface area contributed by atoms with Crippen LogP contribution >= 0.6 is 8.15 Å². The van der Waals surface area contributed by atoms with Crippen molar-refractivity contribution in [2.75, 3.05) is 6.16 Å². The van der Waals surface area contributed by atoms with E-state index in [-0.39, 0.29) is 6.42 Å². The highest BCUT2D eigenvalue weighted by molar-refractivity contribution is 7.60. The molecule has 0 aliphatic carbocycles. The van der Waals surface area contributed by atoms with Gasteiger partial charge in [0, 0.05) is 11.5 Å². The molecule has 0 bridgehead atoms. The molecular weight excluding hydrogens is 199 g/mol. The normalized spacial score (nSPS) is 12.4. The summed E-state index contributed by atoms with van der Waals surface area (Å²) in [5, 5.41) is 9.36. The topological polar surface area (TPSA) is 57.5 Å². The summed E-state index contributed by atoms with van der Waals surface area (Å²) in [6.07, 6.45) is 0.353. The van der Waals surface area contributed by atoms with E-state index in [0.29, 0.717) is 6.16 Å². The van der Waals surface area contributed by atoms with Crippen molar-refractivity contribution >= 4 is 19.4 Å². The van der Waals surface area contributed by atoms with Gasteiger partial charge in [-0.25, -0.2) is 0 Å². The zero-order valence-corrected chi connectivity index (χ0v) is 8.87. The lowest BCUT2D eigenvalue weighted by Crippen LogP contribution is -2.08. The van der Waals surface area contributed by atoms with Crippen molar-refractivity contribution in [3.8, 4) is 0 Å². The maximum absolute atomic E-state index is 10.3. The largest absolute Gasteiger partial charge is 0.481 e. The summed E-state index contributed by atoms with van der Waals surface area (Å²) in [6, 6.07) is 7.53. The summed E-state index contributed by atoms with van der Waals surface area (Å²) in [7, 11) is -1.31. The number of carbonyl (C=O) groups is 1. The Morgan fingerprint density at radius 2 is 2.07 bits per heavy atom. The minimum atomic E-state index is -1.31.